The van der Waals surface area contributed by atoms with Gasteiger partial charge >= 0.3 is 0 Å². The van der Waals surface area contributed by atoms with Crippen molar-refractivity contribution in [2.45, 2.75) is 19.4 Å². The fourth-order valence-electron chi connectivity index (χ4n) is 1.07. The molecular formula is C8H15NO. The molecule has 0 saturated carbocycles. The average molecular weight is 141 g/mol. The quantitative estimate of drug-likeness (QED) is 0.583. The highest BCUT2D eigenvalue weighted by Crippen LogP contribution is 2.00. The molecule has 2 nitrogen and oxygen atoms in total. The van der Waals surface area contributed by atoms with Crippen molar-refractivity contribution in [1.29, 1.82) is 0 Å². The van der Waals surface area contributed by atoms with Crippen LogP contribution in [0.15, 0.2) is 12.2 Å². The van der Waals surface area contributed by atoms with Gasteiger partial charge in [0.15, 0.2) is 0 Å². The van der Waals surface area contributed by atoms with Gasteiger partial charge in [-0.1, -0.05) is 12.2 Å². The summed E-state index contributed by atoms with van der Waals surface area (Å²) in [6, 6.07) is 0. The highest BCUT2D eigenvalue weighted by atomic mass is 16.3. The van der Waals surface area contributed by atoms with Crippen molar-refractivity contribution in [3.8, 4) is 0 Å². The molecular weight excluding hydrogens is 126 g/mol. The molecule has 1 aliphatic heterocycles. The number of aliphatic hydroxyl groups excluding tert-OH is 1. The summed E-state index contributed by atoms with van der Waals surface area (Å²) in [6.45, 7) is 4.98. The Morgan fingerprint density at radius 3 is 2.60 bits per heavy atom. The van der Waals surface area contributed by atoms with Gasteiger partial charge in [0, 0.05) is 19.6 Å². The number of hydrogen-bond acceptors (Lipinski definition) is 2. The summed E-state index contributed by atoms with van der Waals surface area (Å²) >= 11 is 0. The first-order valence-electron chi connectivity index (χ1n) is 3.84. The lowest BCUT2D eigenvalue weighted by atomic mass is 10.3. The van der Waals surface area contributed by atoms with Gasteiger partial charge in [-0.05, 0) is 13.3 Å². The first kappa shape index (κ1) is 7.76. The molecule has 1 aliphatic rings. The van der Waals surface area contributed by atoms with Crippen LogP contribution in [0.3, 0.4) is 0 Å². The van der Waals surface area contributed by atoms with Crippen LogP contribution in [0, 0.1) is 0 Å². The van der Waals surface area contributed by atoms with Crippen LogP contribution in [0.1, 0.15) is 13.3 Å². The van der Waals surface area contributed by atoms with E-state index in [0.717, 1.165) is 26.1 Å². The molecule has 0 saturated heterocycles. The summed E-state index contributed by atoms with van der Waals surface area (Å²) in [6.07, 6.45) is 5.08. The van der Waals surface area contributed by atoms with Crippen LogP contribution in [0.4, 0.5) is 0 Å². The average Bonchev–Trinajstić information content (AvgIpc) is 2.34. The van der Waals surface area contributed by atoms with E-state index in [1.54, 1.807) is 0 Å². The molecule has 0 amide bonds. The van der Waals surface area contributed by atoms with Gasteiger partial charge in [0.05, 0.1) is 6.10 Å². The third-order valence-corrected chi connectivity index (χ3v) is 1.76. The molecule has 0 aromatic carbocycles. The lowest BCUT2D eigenvalue weighted by molar-refractivity contribution is 0.165. The molecule has 10 heavy (non-hydrogen) atoms. The molecule has 1 N–H and O–H groups in total. The number of rotatable bonds is 3. The molecule has 0 aromatic heterocycles. The summed E-state index contributed by atoms with van der Waals surface area (Å²) in [4.78, 5) is 2.31. The number of hydrogen-bond donors (Lipinski definition) is 1. The van der Waals surface area contributed by atoms with Crippen molar-refractivity contribution in [3.63, 3.8) is 0 Å². The smallest absolute Gasteiger partial charge is 0.0524 e. The SMILES string of the molecule is CC(O)CCN1CC=CC1. The second-order valence-electron chi connectivity index (χ2n) is 2.87. The first-order valence-corrected chi connectivity index (χ1v) is 3.84. The van der Waals surface area contributed by atoms with E-state index < -0.39 is 0 Å². The standard InChI is InChI=1S/C8H15NO/c1-8(10)4-7-9-5-2-3-6-9/h2-3,8,10H,4-7H2,1H3. The molecule has 0 bridgehead atoms. The van der Waals surface area contributed by atoms with E-state index in [4.69, 9.17) is 5.11 Å². The third-order valence-electron chi connectivity index (χ3n) is 1.76. The molecule has 1 rings (SSSR count). The fraction of sp³-hybridized carbons (Fsp3) is 0.750. The summed E-state index contributed by atoms with van der Waals surface area (Å²) in [5.41, 5.74) is 0. The zero-order chi connectivity index (χ0) is 7.40. The molecule has 1 unspecified atom stereocenters. The normalized spacial score (nSPS) is 21.8. The van der Waals surface area contributed by atoms with Gasteiger partial charge < -0.3 is 5.11 Å². The summed E-state index contributed by atoms with van der Waals surface area (Å²) in [5, 5.41) is 8.97. The summed E-state index contributed by atoms with van der Waals surface area (Å²) < 4.78 is 0. The minimum atomic E-state index is -0.152. The second-order valence-corrected chi connectivity index (χ2v) is 2.87. The Kier molecular flexibility index (Phi) is 2.90. The van der Waals surface area contributed by atoms with Gasteiger partial charge in [0.1, 0.15) is 0 Å². The van der Waals surface area contributed by atoms with E-state index in [2.05, 4.69) is 17.1 Å². The topological polar surface area (TPSA) is 23.5 Å². The van der Waals surface area contributed by atoms with Gasteiger partial charge in [-0.15, -0.1) is 0 Å². The van der Waals surface area contributed by atoms with Crippen LogP contribution in [0.2, 0.25) is 0 Å². The Morgan fingerprint density at radius 2 is 2.10 bits per heavy atom. The van der Waals surface area contributed by atoms with Crippen molar-refractivity contribution < 1.29 is 5.11 Å². The van der Waals surface area contributed by atoms with E-state index in [1.165, 1.54) is 0 Å². The zero-order valence-corrected chi connectivity index (χ0v) is 6.45. The predicted molar refractivity (Wildman–Crippen MR) is 41.9 cm³/mol. The third kappa shape index (κ3) is 2.50. The largest absolute Gasteiger partial charge is 0.393 e. The van der Waals surface area contributed by atoms with Gasteiger partial charge in [-0.2, -0.15) is 0 Å². The molecule has 2 heteroatoms. The van der Waals surface area contributed by atoms with E-state index in [1.807, 2.05) is 6.92 Å². The Balaban J connectivity index is 2.03. The molecule has 0 spiro atoms. The van der Waals surface area contributed by atoms with E-state index in [-0.39, 0.29) is 6.10 Å². The Morgan fingerprint density at radius 1 is 1.50 bits per heavy atom. The zero-order valence-electron chi connectivity index (χ0n) is 6.45. The van der Waals surface area contributed by atoms with Crippen molar-refractivity contribution in [1.82, 2.24) is 4.90 Å². The molecule has 0 aromatic rings. The highest BCUT2D eigenvalue weighted by molar-refractivity contribution is 4.95. The monoisotopic (exact) mass is 141 g/mol. The molecule has 58 valence electrons. The van der Waals surface area contributed by atoms with E-state index >= 15 is 0 Å². The lowest BCUT2D eigenvalue weighted by Gasteiger charge is -2.14. The molecule has 0 radical (unpaired) electrons. The van der Waals surface area contributed by atoms with E-state index in [9.17, 15) is 0 Å². The van der Waals surface area contributed by atoms with Crippen LogP contribution >= 0.6 is 0 Å². The van der Waals surface area contributed by atoms with Crippen molar-refractivity contribution in [2.24, 2.45) is 0 Å². The predicted octanol–water partition coefficient (Wildman–Crippen LogP) is 0.629. The van der Waals surface area contributed by atoms with Gasteiger partial charge in [0.2, 0.25) is 0 Å². The van der Waals surface area contributed by atoms with Crippen molar-refractivity contribution >= 4 is 0 Å². The Bertz CT molecular complexity index is 112. The van der Waals surface area contributed by atoms with E-state index in [0.29, 0.717) is 0 Å². The van der Waals surface area contributed by atoms with Crippen LogP contribution in [-0.4, -0.2) is 35.7 Å². The van der Waals surface area contributed by atoms with Gasteiger partial charge in [-0.3, -0.25) is 4.90 Å². The fourth-order valence-corrected chi connectivity index (χ4v) is 1.07. The molecule has 0 aliphatic carbocycles. The Hall–Kier alpha value is -0.340. The maximum absolute atomic E-state index is 8.97. The second kappa shape index (κ2) is 3.74. The maximum Gasteiger partial charge on any atom is 0.0524 e. The molecule has 1 heterocycles. The van der Waals surface area contributed by atoms with Crippen molar-refractivity contribution in [3.05, 3.63) is 12.2 Å². The summed E-state index contributed by atoms with van der Waals surface area (Å²) in [7, 11) is 0. The van der Waals surface area contributed by atoms with Gasteiger partial charge in [-0.25, -0.2) is 0 Å². The minimum Gasteiger partial charge on any atom is -0.393 e. The minimum absolute atomic E-state index is 0.152. The first-order chi connectivity index (χ1) is 4.79. The lowest BCUT2D eigenvalue weighted by Crippen LogP contribution is -2.23. The number of aliphatic hydroxyl groups is 1. The number of nitrogens with zero attached hydrogens (tertiary/aromatic N) is 1. The molecule has 1 atom stereocenters. The Labute approximate surface area is 62.2 Å². The summed E-state index contributed by atoms with van der Waals surface area (Å²) in [5.74, 6) is 0. The van der Waals surface area contributed by atoms with Crippen LogP contribution in [0.25, 0.3) is 0 Å². The van der Waals surface area contributed by atoms with Crippen LogP contribution < -0.4 is 0 Å². The van der Waals surface area contributed by atoms with Crippen LogP contribution in [-0.2, 0) is 0 Å². The van der Waals surface area contributed by atoms with Gasteiger partial charge in [0.25, 0.3) is 0 Å². The maximum atomic E-state index is 8.97. The van der Waals surface area contributed by atoms with Crippen LogP contribution in [0.5, 0.6) is 0 Å². The molecule has 0 fully saturated rings. The highest BCUT2D eigenvalue weighted by Gasteiger charge is 2.06. The van der Waals surface area contributed by atoms with Crippen molar-refractivity contribution in [2.75, 3.05) is 19.6 Å².